The second kappa shape index (κ2) is 10.7. The fourth-order valence-electron chi connectivity index (χ4n) is 4.02. The van der Waals surface area contributed by atoms with Gasteiger partial charge < -0.3 is 4.74 Å². The monoisotopic (exact) mass is 470 g/mol. The quantitative estimate of drug-likeness (QED) is 0.355. The Morgan fingerprint density at radius 1 is 0.812 bits per heavy atom. The van der Waals surface area contributed by atoms with E-state index in [9.17, 15) is 13.0 Å². The summed E-state index contributed by atoms with van der Waals surface area (Å²) in [6, 6.07) is 23.3. The molecule has 0 spiro atoms. The molecule has 32 heavy (non-hydrogen) atoms. The van der Waals surface area contributed by atoms with Crippen LogP contribution in [0.3, 0.4) is 0 Å². The smallest absolute Gasteiger partial charge is 0.295 e. The Labute approximate surface area is 193 Å². The first kappa shape index (κ1) is 24.6. The first-order valence-electron chi connectivity index (χ1n) is 10.8. The van der Waals surface area contributed by atoms with Crippen LogP contribution in [0.1, 0.15) is 50.2 Å². The zero-order valence-electron chi connectivity index (χ0n) is 19.0. The lowest BCUT2D eigenvalue weighted by Crippen LogP contribution is -2.29. The van der Waals surface area contributed by atoms with Crippen LogP contribution in [0.15, 0.2) is 77.7 Å². The summed E-state index contributed by atoms with van der Waals surface area (Å²) in [4.78, 5) is -0.0285. The lowest BCUT2D eigenvalue weighted by molar-refractivity contribution is 0.184. The van der Waals surface area contributed by atoms with Gasteiger partial charge in [0.05, 0.1) is 6.61 Å². The topological polar surface area (TPSA) is 63.6 Å². The van der Waals surface area contributed by atoms with E-state index in [0.29, 0.717) is 17.8 Å². The van der Waals surface area contributed by atoms with Crippen molar-refractivity contribution in [3.8, 4) is 0 Å². The van der Waals surface area contributed by atoms with E-state index in [0.717, 1.165) is 22.6 Å². The molecule has 170 valence electrons. The Morgan fingerprint density at radius 3 is 1.78 bits per heavy atom. The number of rotatable bonds is 9. The Balaban J connectivity index is 2.38. The van der Waals surface area contributed by atoms with Gasteiger partial charge in [0.15, 0.2) is 0 Å². The summed E-state index contributed by atoms with van der Waals surface area (Å²) >= 11 is 0. The normalized spacial score (nSPS) is 14.7. The molecule has 3 aromatic rings. The third-order valence-corrected chi connectivity index (χ3v) is 9.54. The molecule has 1 N–H and O–H groups in total. The van der Waals surface area contributed by atoms with Gasteiger partial charge in [0, 0.05) is 18.3 Å². The van der Waals surface area contributed by atoms with Crippen molar-refractivity contribution in [1.29, 1.82) is 0 Å². The van der Waals surface area contributed by atoms with Gasteiger partial charge in [-0.25, -0.2) is 0 Å². The molecule has 0 aliphatic heterocycles. The van der Waals surface area contributed by atoms with Crippen LogP contribution in [0, 0.1) is 0 Å². The fraction of sp³-hybridized carbons (Fsp3) is 0.308. The summed E-state index contributed by atoms with van der Waals surface area (Å²) in [6.07, 6.45) is 0.974. The standard InChI is InChI=1S/C26H31O4PS/c1-5-19(2)21-12-6-8-14-23(21)31(25-16-10-11-17-26(25)32(27,28)29)24-15-9-7-13-22(24)20(3)18-30-4/h6-17,19-20H,5,18H2,1-4H3,(H,27,28,29). The lowest BCUT2D eigenvalue weighted by Gasteiger charge is -2.28. The Bertz CT molecular complexity index is 1160. The van der Waals surface area contributed by atoms with Crippen molar-refractivity contribution in [3.05, 3.63) is 83.9 Å². The van der Waals surface area contributed by atoms with E-state index in [-0.39, 0.29) is 10.8 Å². The van der Waals surface area contributed by atoms with Crippen LogP contribution >= 0.6 is 7.92 Å². The van der Waals surface area contributed by atoms with Gasteiger partial charge in [0.25, 0.3) is 10.1 Å². The minimum atomic E-state index is -4.38. The third-order valence-electron chi connectivity index (χ3n) is 5.83. The van der Waals surface area contributed by atoms with Crippen LogP contribution < -0.4 is 15.9 Å². The largest absolute Gasteiger partial charge is 0.384 e. The molecule has 0 bridgehead atoms. The van der Waals surface area contributed by atoms with Gasteiger partial charge in [-0.3, -0.25) is 4.55 Å². The zero-order chi connectivity index (χ0) is 23.3. The van der Waals surface area contributed by atoms with E-state index >= 15 is 0 Å². The van der Waals surface area contributed by atoms with Crippen molar-refractivity contribution in [2.24, 2.45) is 0 Å². The molecule has 0 fully saturated rings. The van der Waals surface area contributed by atoms with Crippen molar-refractivity contribution in [1.82, 2.24) is 0 Å². The number of methoxy groups -OCH3 is 1. The van der Waals surface area contributed by atoms with Gasteiger partial charge >= 0.3 is 0 Å². The highest BCUT2D eigenvalue weighted by Crippen LogP contribution is 2.40. The number of ether oxygens (including phenoxy) is 1. The van der Waals surface area contributed by atoms with Crippen LogP contribution in [-0.4, -0.2) is 26.7 Å². The Kier molecular flexibility index (Phi) is 8.24. The van der Waals surface area contributed by atoms with Crippen molar-refractivity contribution in [2.75, 3.05) is 13.7 Å². The number of hydrogen-bond acceptors (Lipinski definition) is 3. The van der Waals surface area contributed by atoms with Crippen LogP contribution in [0.25, 0.3) is 0 Å². The molecule has 0 saturated carbocycles. The van der Waals surface area contributed by atoms with Crippen LogP contribution in [-0.2, 0) is 14.9 Å². The predicted molar refractivity (Wildman–Crippen MR) is 134 cm³/mol. The summed E-state index contributed by atoms with van der Waals surface area (Å²) in [5.41, 5.74) is 2.34. The summed E-state index contributed by atoms with van der Waals surface area (Å²) in [5, 5.41) is 2.83. The molecule has 3 atom stereocenters. The molecule has 0 heterocycles. The molecule has 0 aliphatic carbocycles. The molecule has 0 amide bonds. The van der Waals surface area contributed by atoms with Gasteiger partial charge in [0.1, 0.15) is 4.90 Å². The summed E-state index contributed by atoms with van der Waals surface area (Å²) in [6.45, 7) is 7.03. The molecular formula is C26H31O4PS. The third kappa shape index (κ3) is 5.29. The van der Waals surface area contributed by atoms with E-state index in [1.165, 1.54) is 11.6 Å². The minimum absolute atomic E-state index is 0.0285. The second-order valence-corrected chi connectivity index (χ2v) is 11.6. The highest BCUT2D eigenvalue weighted by Gasteiger charge is 2.29. The highest BCUT2D eigenvalue weighted by molar-refractivity contribution is 7.88. The average molecular weight is 471 g/mol. The first-order chi connectivity index (χ1) is 15.3. The second-order valence-electron chi connectivity index (χ2n) is 8.06. The molecule has 3 aromatic carbocycles. The summed E-state index contributed by atoms with van der Waals surface area (Å²) in [7, 11) is -3.95. The minimum Gasteiger partial charge on any atom is -0.384 e. The van der Waals surface area contributed by atoms with E-state index in [1.54, 1.807) is 13.2 Å². The van der Waals surface area contributed by atoms with E-state index in [2.05, 4.69) is 45.0 Å². The Morgan fingerprint density at radius 2 is 1.28 bits per heavy atom. The van der Waals surface area contributed by atoms with Gasteiger partial charge in [-0.05, 0) is 48.1 Å². The molecule has 3 unspecified atom stereocenters. The van der Waals surface area contributed by atoms with Crippen molar-refractivity contribution in [2.45, 2.75) is 43.9 Å². The van der Waals surface area contributed by atoms with Crippen LogP contribution in [0.2, 0.25) is 0 Å². The van der Waals surface area contributed by atoms with Crippen molar-refractivity contribution < 1.29 is 17.7 Å². The summed E-state index contributed by atoms with van der Waals surface area (Å²) in [5.74, 6) is 0.451. The SMILES string of the molecule is CCC(C)c1ccccc1P(c1ccccc1C(C)COC)c1ccccc1S(=O)(=O)O. The molecule has 3 rings (SSSR count). The van der Waals surface area contributed by atoms with Crippen molar-refractivity contribution >= 4 is 34.0 Å². The molecule has 0 saturated heterocycles. The maximum atomic E-state index is 12.4. The van der Waals surface area contributed by atoms with E-state index in [1.807, 2.05) is 36.4 Å². The van der Waals surface area contributed by atoms with Gasteiger partial charge in [-0.15, -0.1) is 0 Å². The maximum Gasteiger partial charge on any atom is 0.295 e. The highest BCUT2D eigenvalue weighted by atomic mass is 32.2. The summed E-state index contributed by atoms with van der Waals surface area (Å²) < 4.78 is 40.2. The average Bonchev–Trinajstić information content (AvgIpc) is 2.79. The first-order valence-corrected chi connectivity index (χ1v) is 13.6. The molecule has 4 nitrogen and oxygen atoms in total. The number of benzene rings is 3. The fourth-order valence-corrected chi connectivity index (χ4v) is 8.11. The lowest BCUT2D eigenvalue weighted by atomic mass is 9.99. The molecule has 0 aromatic heterocycles. The molecule has 0 aliphatic rings. The zero-order valence-corrected chi connectivity index (χ0v) is 20.7. The predicted octanol–water partition coefficient (Wildman–Crippen LogP) is 4.95. The number of hydrogen-bond donors (Lipinski definition) is 1. The Hall–Kier alpha value is -2.04. The van der Waals surface area contributed by atoms with Crippen LogP contribution in [0.5, 0.6) is 0 Å². The van der Waals surface area contributed by atoms with Gasteiger partial charge in [0.2, 0.25) is 0 Å². The van der Waals surface area contributed by atoms with Gasteiger partial charge in [-0.2, -0.15) is 8.42 Å². The van der Waals surface area contributed by atoms with E-state index in [4.69, 9.17) is 4.74 Å². The maximum absolute atomic E-state index is 12.4. The molecule has 0 radical (unpaired) electrons. The van der Waals surface area contributed by atoms with Gasteiger partial charge in [-0.1, -0.05) is 87.5 Å². The van der Waals surface area contributed by atoms with Crippen LogP contribution in [0.4, 0.5) is 0 Å². The van der Waals surface area contributed by atoms with Crippen molar-refractivity contribution in [3.63, 3.8) is 0 Å². The molecule has 6 heteroatoms. The molecular weight excluding hydrogens is 439 g/mol. The van der Waals surface area contributed by atoms with E-state index < -0.39 is 18.0 Å².